The first-order valence-electron chi connectivity index (χ1n) is 11.7. The van der Waals surface area contributed by atoms with Crippen molar-refractivity contribution < 1.29 is 19.0 Å². The fraction of sp³-hybridized carbons (Fsp3) is 0.333. The van der Waals surface area contributed by atoms with Gasteiger partial charge in [-0.15, -0.1) is 11.3 Å². The van der Waals surface area contributed by atoms with Gasteiger partial charge in [-0.1, -0.05) is 18.2 Å². The summed E-state index contributed by atoms with van der Waals surface area (Å²) in [5.74, 6) is 2.40. The van der Waals surface area contributed by atoms with Gasteiger partial charge in [-0.25, -0.2) is 4.98 Å². The van der Waals surface area contributed by atoms with Crippen molar-refractivity contribution in [2.24, 2.45) is 0 Å². The number of carbonyl (C=O) groups is 1. The highest BCUT2D eigenvalue weighted by molar-refractivity contribution is 7.09. The Kier molecular flexibility index (Phi) is 8.75. The van der Waals surface area contributed by atoms with E-state index in [2.05, 4.69) is 9.88 Å². The summed E-state index contributed by atoms with van der Waals surface area (Å²) in [5, 5.41) is 3.02. The summed E-state index contributed by atoms with van der Waals surface area (Å²) in [5.41, 5.74) is 1.79. The summed E-state index contributed by atoms with van der Waals surface area (Å²) in [6, 6.07) is 15.3. The van der Waals surface area contributed by atoms with Gasteiger partial charge < -0.3 is 19.1 Å². The molecule has 35 heavy (non-hydrogen) atoms. The second-order valence-electron chi connectivity index (χ2n) is 8.21. The van der Waals surface area contributed by atoms with Gasteiger partial charge in [0, 0.05) is 49.7 Å². The first-order valence-corrected chi connectivity index (χ1v) is 12.6. The van der Waals surface area contributed by atoms with Crippen LogP contribution in [-0.4, -0.2) is 67.1 Å². The zero-order valence-electron chi connectivity index (χ0n) is 20.2. The smallest absolute Gasteiger partial charge is 0.246 e. The number of rotatable bonds is 10. The van der Waals surface area contributed by atoms with Crippen molar-refractivity contribution in [1.82, 2.24) is 14.8 Å². The molecule has 184 valence electrons. The Bertz CT molecular complexity index is 1120. The number of aryl methyl sites for hydroxylation is 1. The van der Waals surface area contributed by atoms with Crippen LogP contribution in [-0.2, 0) is 11.4 Å². The van der Waals surface area contributed by atoms with Gasteiger partial charge in [-0.2, -0.15) is 0 Å². The number of carbonyl (C=O) groups excluding carboxylic acids is 1. The minimum absolute atomic E-state index is 0.0176. The van der Waals surface area contributed by atoms with Crippen LogP contribution < -0.4 is 14.2 Å². The Hall–Kier alpha value is -3.36. The summed E-state index contributed by atoms with van der Waals surface area (Å²) in [4.78, 5) is 21.4. The molecule has 0 N–H and O–H groups in total. The molecule has 0 atom stereocenters. The van der Waals surface area contributed by atoms with Gasteiger partial charge in [0.2, 0.25) is 5.91 Å². The van der Waals surface area contributed by atoms with Crippen LogP contribution in [0.3, 0.4) is 0 Å². The molecular weight excluding hydrogens is 462 g/mol. The van der Waals surface area contributed by atoms with Crippen LogP contribution in [0.4, 0.5) is 0 Å². The first-order chi connectivity index (χ1) is 17.1. The minimum Gasteiger partial charge on any atom is -0.497 e. The van der Waals surface area contributed by atoms with E-state index in [0.717, 1.165) is 53.1 Å². The SMILES string of the molecule is COc1ccc(OCCN2CCN(C(=O)/C=C/c3ccccc3OCc3csc(C)n3)CC2)cc1. The van der Waals surface area contributed by atoms with Crippen LogP contribution in [0.25, 0.3) is 6.08 Å². The number of aromatic nitrogens is 1. The molecule has 8 heteroatoms. The van der Waals surface area contributed by atoms with E-state index in [9.17, 15) is 4.79 Å². The highest BCUT2D eigenvalue weighted by Gasteiger charge is 2.19. The molecule has 1 aliphatic rings. The summed E-state index contributed by atoms with van der Waals surface area (Å²) in [7, 11) is 1.65. The summed E-state index contributed by atoms with van der Waals surface area (Å²) in [6.07, 6.45) is 3.47. The Morgan fingerprint density at radius 2 is 1.77 bits per heavy atom. The van der Waals surface area contributed by atoms with E-state index in [1.807, 2.05) is 71.8 Å². The fourth-order valence-electron chi connectivity index (χ4n) is 3.80. The molecule has 0 aliphatic carbocycles. The number of thiazole rings is 1. The van der Waals surface area contributed by atoms with Gasteiger partial charge in [0.15, 0.2) is 0 Å². The van der Waals surface area contributed by atoms with Crippen molar-refractivity contribution in [2.75, 3.05) is 46.4 Å². The molecule has 1 aromatic heterocycles. The average Bonchev–Trinajstić information content (AvgIpc) is 3.32. The Labute approximate surface area is 210 Å². The highest BCUT2D eigenvalue weighted by atomic mass is 32.1. The van der Waals surface area contributed by atoms with Crippen LogP contribution in [0.15, 0.2) is 60.0 Å². The third kappa shape index (κ3) is 7.31. The van der Waals surface area contributed by atoms with E-state index < -0.39 is 0 Å². The maximum Gasteiger partial charge on any atom is 0.246 e. The van der Waals surface area contributed by atoms with Crippen molar-refractivity contribution in [3.05, 3.63) is 76.3 Å². The number of hydrogen-bond donors (Lipinski definition) is 0. The summed E-state index contributed by atoms with van der Waals surface area (Å²) < 4.78 is 16.9. The topological polar surface area (TPSA) is 64.1 Å². The molecule has 7 nitrogen and oxygen atoms in total. The van der Waals surface area contributed by atoms with E-state index in [-0.39, 0.29) is 5.91 Å². The molecule has 1 saturated heterocycles. The number of nitrogens with zero attached hydrogens (tertiary/aromatic N) is 3. The molecule has 1 aliphatic heterocycles. The van der Waals surface area contributed by atoms with Gasteiger partial charge in [-0.05, 0) is 43.3 Å². The molecule has 1 amide bonds. The average molecular weight is 494 g/mol. The standard InChI is InChI=1S/C27H31N3O4S/c1-21-28-23(20-35-21)19-34-26-6-4-3-5-22(26)7-12-27(31)30-15-13-29(14-16-30)17-18-33-25-10-8-24(32-2)9-11-25/h3-12,20H,13-19H2,1-2H3/b12-7+. The number of para-hydroxylation sites is 1. The zero-order chi connectivity index (χ0) is 24.5. The van der Waals surface area contributed by atoms with Gasteiger partial charge in [-0.3, -0.25) is 9.69 Å². The van der Waals surface area contributed by atoms with Crippen LogP contribution in [0.1, 0.15) is 16.3 Å². The fourth-order valence-corrected chi connectivity index (χ4v) is 4.40. The maximum absolute atomic E-state index is 12.8. The third-order valence-corrected chi connectivity index (χ3v) is 6.61. The van der Waals surface area contributed by atoms with E-state index in [4.69, 9.17) is 14.2 Å². The van der Waals surface area contributed by atoms with Crippen LogP contribution >= 0.6 is 11.3 Å². The molecule has 0 radical (unpaired) electrons. The molecule has 1 fully saturated rings. The second kappa shape index (κ2) is 12.4. The second-order valence-corrected chi connectivity index (χ2v) is 9.27. The van der Waals surface area contributed by atoms with Gasteiger partial charge in [0.25, 0.3) is 0 Å². The molecule has 0 saturated carbocycles. The number of piperazine rings is 1. The van der Waals surface area contributed by atoms with Gasteiger partial charge >= 0.3 is 0 Å². The predicted octanol–water partition coefficient (Wildman–Crippen LogP) is 4.28. The van der Waals surface area contributed by atoms with Crippen molar-refractivity contribution in [2.45, 2.75) is 13.5 Å². The normalized spacial score (nSPS) is 14.3. The van der Waals surface area contributed by atoms with E-state index in [0.29, 0.717) is 26.3 Å². The molecule has 2 aromatic carbocycles. The van der Waals surface area contributed by atoms with E-state index >= 15 is 0 Å². The Morgan fingerprint density at radius 1 is 1.03 bits per heavy atom. The number of ether oxygens (including phenoxy) is 3. The van der Waals surface area contributed by atoms with Crippen molar-refractivity contribution in [1.29, 1.82) is 0 Å². The largest absolute Gasteiger partial charge is 0.497 e. The van der Waals surface area contributed by atoms with Crippen molar-refractivity contribution >= 4 is 23.3 Å². The van der Waals surface area contributed by atoms with E-state index in [1.54, 1.807) is 24.5 Å². The van der Waals surface area contributed by atoms with Crippen LogP contribution in [0.2, 0.25) is 0 Å². The number of hydrogen-bond acceptors (Lipinski definition) is 7. The number of amides is 1. The van der Waals surface area contributed by atoms with Crippen LogP contribution in [0.5, 0.6) is 17.2 Å². The predicted molar refractivity (Wildman–Crippen MR) is 138 cm³/mol. The van der Waals surface area contributed by atoms with Gasteiger partial charge in [0.05, 0.1) is 17.8 Å². The molecular formula is C27H31N3O4S. The molecule has 0 bridgehead atoms. The number of methoxy groups -OCH3 is 1. The summed E-state index contributed by atoms with van der Waals surface area (Å²) >= 11 is 1.61. The first kappa shape index (κ1) is 24.8. The zero-order valence-corrected chi connectivity index (χ0v) is 21.0. The van der Waals surface area contributed by atoms with Crippen LogP contribution in [0, 0.1) is 6.92 Å². The molecule has 3 aromatic rings. The summed E-state index contributed by atoms with van der Waals surface area (Å²) in [6.45, 7) is 6.89. The quantitative estimate of drug-likeness (QED) is 0.393. The lowest BCUT2D eigenvalue weighted by atomic mass is 10.2. The van der Waals surface area contributed by atoms with Crippen molar-refractivity contribution in [3.8, 4) is 17.2 Å². The van der Waals surface area contributed by atoms with Crippen molar-refractivity contribution in [3.63, 3.8) is 0 Å². The number of benzene rings is 2. The molecule has 2 heterocycles. The molecule has 0 spiro atoms. The van der Waals surface area contributed by atoms with Gasteiger partial charge in [0.1, 0.15) is 30.5 Å². The van der Waals surface area contributed by atoms with E-state index in [1.165, 1.54) is 0 Å². The highest BCUT2D eigenvalue weighted by Crippen LogP contribution is 2.22. The third-order valence-electron chi connectivity index (χ3n) is 5.79. The minimum atomic E-state index is 0.0176. The molecule has 0 unspecified atom stereocenters. The Balaban J connectivity index is 1.21. The maximum atomic E-state index is 12.8. The lowest BCUT2D eigenvalue weighted by Gasteiger charge is -2.34. The Morgan fingerprint density at radius 3 is 2.49 bits per heavy atom. The lowest BCUT2D eigenvalue weighted by Crippen LogP contribution is -2.49. The molecule has 4 rings (SSSR count). The lowest BCUT2D eigenvalue weighted by molar-refractivity contribution is -0.127. The monoisotopic (exact) mass is 493 g/mol.